The topological polar surface area (TPSA) is 114 Å². The van der Waals surface area contributed by atoms with Gasteiger partial charge in [-0.25, -0.2) is 17.6 Å². The summed E-state index contributed by atoms with van der Waals surface area (Å²) in [5.74, 6) is -1.27. The predicted molar refractivity (Wildman–Crippen MR) is 145 cm³/mol. The SMILES string of the molecule is COCC1CC(NC(=O)Nc2ccc(Cl)cc2)(C(=O)Nc2ccc(-c3ccccc3S(C)(=O)=O)cc2F)C1. The third-order valence-corrected chi connectivity index (χ3v) is 7.79. The van der Waals surface area contributed by atoms with Crippen LogP contribution in [0.2, 0.25) is 5.02 Å². The highest BCUT2D eigenvalue weighted by Gasteiger charge is 2.51. The fraction of sp³-hybridized carbons (Fsp3) is 0.259. The first-order chi connectivity index (χ1) is 18.0. The van der Waals surface area contributed by atoms with Gasteiger partial charge in [-0.15, -0.1) is 0 Å². The lowest BCUT2D eigenvalue weighted by Gasteiger charge is -2.46. The molecule has 8 nitrogen and oxygen atoms in total. The van der Waals surface area contributed by atoms with Crippen LogP contribution in [0.4, 0.5) is 20.6 Å². The first-order valence-corrected chi connectivity index (χ1v) is 14.0. The van der Waals surface area contributed by atoms with Gasteiger partial charge in [0.05, 0.1) is 10.6 Å². The lowest BCUT2D eigenvalue weighted by molar-refractivity contribution is -0.128. The van der Waals surface area contributed by atoms with Gasteiger partial charge in [-0.3, -0.25) is 4.79 Å². The zero-order chi connectivity index (χ0) is 27.5. The van der Waals surface area contributed by atoms with E-state index in [1.54, 1.807) is 49.6 Å². The van der Waals surface area contributed by atoms with E-state index in [2.05, 4.69) is 16.0 Å². The first-order valence-electron chi connectivity index (χ1n) is 11.7. The van der Waals surface area contributed by atoms with Crippen LogP contribution in [0.15, 0.2) is 71.6 Å². The van der Waals surface area contributed by atoms with E-state index in [0.717, 1.165) is 6.26 Å². The Kier molecular flexibility index (Phi) is 8.05. The number of rotatable bonds is 8. The van der Waals surface area contributed by atoms with E-state index in [1.165, 1.54) is 24.3 Å². The molecule has 1 saturated carbocycles. The van der Waals surface area contributed by atoms with Crippen LogP contribution < -0.4 is 16.0 Å². The molecule has 0 aliphatic heterocycles. The predicted octanol–water partition coefficient (Wildman–Crippen LogP) is 5.11. The maximum atomic E-state index is 15.1. The van der Waals surface area contributed by atoms with Crippen LogP contribution in [0.1, 0.15) is 12.8 Å². The zero-order valence-corrected chi connectivity index (χ0v) is 22.3. The molecule has 0 heterocycles. The summed E-state index contributed by atoms with van der Waals surface area (Å²) in [6, 6.07) is 16.3. The van der Waals surface area contributed by atoms with Gasteiger partial charge in [-0.1, -0.05) is 35.9 Å². The minimum Gasteiger partial charge on any atom is -0.384 e. The van der Waals surface area contributed by atoms with Crippen LogP contribution in [0.5, 0.6) is 0 Å². The molecule has 200 valence electrons. The number of carbonyl (C=O) groups excluding carboxylic acids is 2. The van der Waals surface area contributed by atoms with Crippen LogP contribution >= 0.6 is 11.6 Å². The average Bonchev–Trinajstić information content (AvgIpc) is 2.84. The van der Waals surface area contributed by atoms with Crippen molar-refractivity contribution in [3.05, 3.63) is 77.6 Å². The highest BCUT2D eigenvalue weighted by atomic mass is 35.5. The average molecular weight is 560 g/mol. The summed E-state index contributed by atoms with van der Waals surface area (Å²) >= 11 is 5.88. The summed E-state index contributed by atoms with van der Waals surface area (Å²) in [5.41, 5.74) is -0.171. The number of halogens is 2. The van der Waals surface area contributed by atoms with Crippen LogP contribution in [-0.2, 0) is 19.4 Å². The molecule has 4 rings (SSSR count). The van der Waals surface area contributed by atoms with Crippen molar-refractivity contribution in [2.24, 2.45) is 5.92 Å². The van der Waals surface area contributed by atoms with Gasteiger partial charge < -0.3 is 20.7 Å². The smallest absolute Gasteiger partial charge is 0.320 e. The molecule has 0 saturated heterocycles. The molecule has 0 atom stereocenters. The molecule has 1 aliphatic rings. The second kappa shape index (κ2) is 11.1. The van der Waals surface area contributed by atoms with Crippen LogP contribution in [0.3, 0.4) is 0 Å². The molecule has 0 bridgehead atoms. The summed E-state index contributed by atoms with van der Waals surface area (Å²) in [4.78, 5) is 26.1. The fourth-order valence-electron chi connectivity index (χ4n) is 4.59. The van der Waals surface area contributed by atoms with Crippen LogP contribution in [-0.4, -0.2) is 45.9 Å². The van der Waals surface area contributed by atoms with Gasteiger partial charge in [0.25, 0.3) is 0 Å². The summed E-state index contributed by atoms with van der Waals surface area (Å²) < 4.78 is 44.6. The number of urea groups is 1. The van der Waals surface area contributed by atoms with E-state index in [0.29, 0.717) is 41.3 Å². The molecule has 1 fully saturated rings. The van der Waals surface area contributed by atoms with Gasteiger partial charge in [0.2, 0.25) is 5.91 Å². The second-order valence-electron chi connectivity index (χ2n) is 9.31. The lowest BCUT2D eigenvalue weighted by Crippen LogP contribution is -2.65. The normalized spacial score (nSPS) is 18.8. The van der Waals surface area contributed by atoms with Gasteiger partial charge in [0.1, 0.15) is 11.4 Å². The Morgan fingerprint density at radius 1 is 1.05 bits per heavy atom. The number of carbonyl (C=O) groups is 2. The number of ether oxygens (including phenoxy) is 1. The van der Waals surface area contributed by atoms with E-state index < -0.39 is 33.1 Å². The minimum atomic E-state index is -3.54. The summed E-state index contributed by atoms with van der Waals surface area (Å²) in [7, 11) is -1.99. The maximum absolute atomic E-state index is 15.1. The molecular formula is C27H27ClFN3O5S. The molecule has 3 aromatic rings. The highest BCUT2D eigenvalue weighted by molar-refractivity contribution is 7.90. The zero-order valence-electron chi connectivity index (χ0n) is 20.8. The van der Waals surface area contributed by atoms with Crippen LogP contribution in [0.25, 0.3) is 11.1 Å². The molecule has 3 aromatic carbocycles. The molecule has 1 aliphatic carbocycles. The van der Waals surface area contributed by atoms with Gasteiger partial charge in [-0.2, -0.15) is 0 Å². The second-order valence-corrected chi connectivity index (χ2v) is 11.7. The van der Waals surface area contributed by atoms with Gasteiger partial charge in [-0.05, 0) is 66.8 Å². The Balaban J connectivity index is 1.53. The number of amides is 3. The summed E-state index contributed by atoms with van der Waals surface area (Å²) in [6.45, 7) is 0.415. The van der Waals surface area contributed by atoms with Crippen molar-refractivity contribution < 1.29 is 27.1 Å². The number of hydrogen-bond donors (Lipinski definition) is 3. The number of benzene rings is 3. The molecule has 0 spiro atoms. The molecule has 3 amide bonds. The van der Waals surface area contributed by atoms with Crippen molar-refractivity contribution in [3.63, 3.8) is 0 Å². The van der Waals surface area contributed by atoms with E-state index in [9.17, 15) is 18.0 Å². The van der Waals surface area contributed by atoms with Crippen LogP contribution in [0, 0.1) is 11.7 Å². The monoisotopic (exact) mass is 559 g/mol. The number of hydrogen-bond acceptors (Lipinski definition) is 5. The molecule has 0 aromatic heterocycles. The third-order valence-electron chi connectivity index (χ3n) is 6.38. The van der Waals surface area contributed by atoms with Crippen molar-refractivity contribution >= 4 is 44.8 Å². The van der Waals surface area contributed by atoms with E-state index >= 15 is 4.39 Å². The Labute approximate surface area is 225 Å². The summed E-state index contributed by atoms with van der Waals surface area (Å²) in [5, 5.41) is 8.51. The standard InChI is InChI=1S/C27H27ClFN3O5S/c1-37-16-17-14-27(15-17,32-26(34)30-20-10-8-19(28)9-11-20)25(33)31-23-12-7-18(13-22(23)29)21-5-3-4-6-24(21)38(2,35)36/h3-13,17H,14-16H2,1-2H3,(H,31,33)(H2,30,32,34). The minimum absolute atomic E-state index is 0.0429. The Bertz CT molecular complexity index is 1460. The Hall–Kier alpha value is -3.47. The quantitative estimate of drug-likeness (QED) is 0.355. The third kappa shape index (κ3) is 6.15. The Morgan fingerprint density at radius 2 is 1.74 bits per heavy atom. The van der Waals surface area contributed by atoms with Crippen molar-refractivity contribution in [1.82, 2.24) is 5.32 Å². The van der Waals surface area contributed by atoms with Crippen molar-refractivity contribution in [2.75, 3.05) is 30.6 Å². The molecular weight excluding hydrogens is 533 g/mol. The van der Waals surface area contributed by atoms with E-state index in [4.69, 9.17) is 16.3 Å². The maximum Gasteiger partial charge on any atom is 0.320 e. The van der Waals surface area contributed by atoms with E-state index in [-0.39, 0.29) is 16.5 Å². The molecule has 0 unspecified atom stereocenters. The van der Waals surface area contributed by atoms with Gasteiger partial charge in [0, 0.05) is 36.2 Å². The van der Waals surface area contributed by atoms with Gasteiger partial charge >= 0.3 is 6.03 Å². The number of methoxy groups -OCH3 is 1. The highest BCUT2D eigenvalue weighted by Crippen LogP contribution is 2.39. The van der Waals surface area contributed by atoms with Crippen molar-refractivity contribution in [2.45, 2.75) is 23.3 Å². The van der Waals surface area contributed by atoms with E-state index in [1.807, 2.05) is 0 Å². The molecule has 0 radical (unpaired) electrons. The summed E-state index contributed by atoms with van der Waals surface area (Å²) in [6.07, 6.45) is 1.70. The Morgan fingerprint density at radius 3 is 2.37 bits per heavy atom. The molecule has 3 N–H and O–H groups in total. The largest absolute Gasteiger partial charge is 0.384 e. The molecule has 38 heavy (non-hydrogen) atoms. The first kappa shape index (κ1) is 27.6. The number of anilines is 2. The van der Waals surface area contributed by atoms with Crippen molar-refractivity contribution in [3.8, 4) is 11.1 Å². The van der Waals surface area contributed by atoms with Crippen molar-refractivity contribution in [1.29, 1.82) is 0 Å². The van der Waals surface area contributed by atoms with Gasteiger partial charge in [0.15, 0.2) is 9.84 Å². The number of nitrogens with one attached hydrogen (secondary N) is 3. The molecule has 11 heteroatoms. The lowest BCUT2D eigenvalue weighted by atomic mass is 9.68. The number of sulfone groups is 1. The fourth-order valence-corrected chi connectivity index (χ4v) is 5.63.